The Balaban J connectivity index is 2.12. The Kier molecular flexibility index (Phi) is 6.68. The van der Waals surface area contributed by atoms with Crippen LogP contribution in [0.4, 0.5) is 4.79 Å². The number of aryl methyl sites for hydroxylation is 1. The fourth-order valence-electron chi connectivity index (χ4n) is 2.76. The number of rotatable bonds is 7. The third-order valence-corrected chi connectivity index (χ3v) is 3.76. The number of carbonyl (C=O) groups is 1. The highest BCUT2D eigenvalue weighted by Gasteiger charge is 2.21. The molecular weight excluding hydrogens is 346 g/mol. The highest BCUT2D eigenvalue weighted by Crippen LogP contribution is 2.24. The average molecular weight is 373 g/mol. The summed E-state index contributed by atoms with van der Waals surface area (Å²) < 4.78 is 10.8. The molecule has 1 atom stereocenters. The van der Waals surface area contributed by atoms with Crippen LogP contribution in [0.25, 0.3) is 11.3 Å². The summed E-state index contributed by atoms with van der Waals surface area (Å²) in [7, 11) is 1.46. The molecule has 8 heteroatoms. The summed E-state index contributed by atoms with van der Waals surface area (Å²) in [6, 6.07) is 3.59. The van der Waals surface area contributed by atoms with Crippen molar-refractivity contribution in [2.24, 2.45) is 11.7 Å². The summed E-state index contributed by atoms with van der Waals surface area (Å²) in [5.74, 6) is 1.03. The number of carbonyl (C=O) groups excluding carboxylic acids is 1. The van der Waals surface area contributed by atoms with Gasteiger partial charge < -0.3 is 20.5 Å². The molecule has 0 bridgehead atoms. The maximum absolute atomic E-state index is 11.3. The first-order valence-electron chi connectivity index (χ1n) is 8.81. The third kappa shape index (κ3) is 6.18. The molecule has 3 N–H and O–H groups in total. The second-order valence-electron chi connectivity index (χ2n) is 7.25. The topological polar surface area (TPSA) is 112 Å². The van der Waals surface area contributed by atoms with E-state index in [4.69, 9.17) is 15.2 Å². The SMILES string of the molecule is CNC(=O)Oc1nccc(-c2cnc(OC[C@@](C)(N)CC(C)C)c(C)c2)n1. The quantitative estimate of drug-likeness (QED) is 0.767. The molecule has 0 fully saturated rings. The Bertz CT molecular complexity index is 793. The number of nitrogens with one attached hydrogen (secondary N) is 1. The van der Waals surface area contributed by atoms with Gasteiger partial charge in [-0.3, -0.25) is 0 Å². The number of pyridine rings is 1. The Morgan fingerprint density at radius 1 is 1.37 bits per heavy atom. The highest BCUT2D eigenvalue weighted by molar-refractivity contribution is 5.69. The van der Waals surface area contributed by atoms with Gasteiger partial charge in [0.1, 0.15) is 6.61 Å². The van der Waals surface area contributed by atoms with Crippen LogP contribution in [0.2, 0.25) is 0 Å². The lowest BCUT2D eigenvalue weighted by Crippen LogP contribution is -2.43. The van der Waals surface area contributed by atoms with Crippen LogP contribution in [-0.2, 0) is 0 Å². The summed E-state index contributed by atoms with van der Waals surface area (Å²) in [6.07, 6.45) is 3.41. The highest BCUT2D eigenvalue weighted by atomic mass is 16.6. The van der Waals surface area contributed by atoms with E-state index in [-0.39, 0.29) is 6.01 Å². The predicted molar refractivity (Wildman–Crippen MR) is 103 cm³/mol. The number of ether oxygens (including phenoxy) is 2. The lowest BCUT2D eigenvalue weighted by Gasteiger charge is -2.26. The first-order valence-corrected chi connectivity index (χ1v) is 8.81. The molecule has 0 saturated heterocycles. The van der Waals surface area contributed by atoms with Crippen LogP contribution >= 0.6 is 0 Å². The van der Waals surface area contributed by atoms with Crippen LogP contribution in [0, 0.1) is 12.8 Å². The molecule has 2 aromatic rings. The fraction of sp³-hybridized carbons (Fsp3) is 0.474. The molecule has 1 amide bonds. The average Bonchev–Trinajstić information content (AvgIpc) is 2.59. The fourth-order valence-corrected chi connectivity index (χ4v) is 2.76. The van der Waals surface area contributed by atoms with E-state index < -0.39 is 11.6 Å². The van der Waals surface area contributed by atoms with Crippen LogP contribution in [0.1, 0.15) is 32.8 Å². The Morgan fingerprint density at radius 2 is 2.11 bits per heavy atom. The normalized spacial score (nSPS) is 13.1. The van der Waals surface area contributed by atoms with Crippen molar-refractivity contribution in [2.75, 3.05) is 13.7 Å². The van der Waals surface area contributed by atoms with Crippen molar-refractivity contribution in [3.63, 3.8) is 0 Å². The van der Waals surface area contributed by atoms with Gasteiger partial charge in [-0.1, -0.05) is 13.8 Å². The zero-order valence-electron chi connectivity index (χ0n) is 16.4. The van der Waals surface area contributed by atoms with Gasteiger partial charge in [0.15, 0.2) is 0 Å². The molecule has 2 aromatic heterocycles. The predicted octanol–water partition coefficient (Wildman–Crippen LogP) is 2.71. The van der Waals surface area contributed by atoms with E-state index in [1.165, 1.54) is 13.2 Å². The van der Waals surface area contributed by atoms with Crippen molar-refractivity contribution in [3.8, 4) is 23.1 Å². The van der Waals surface area contributed by atoms with Crippen molar-refractivity contribution >= 4 is 6.09 Å². The standard InChI is InChI=1S/C19H27N5O3/c1-12(2)9-19(4,20)11-26-16-13(3)8-14(10-23-16)15-6-7-22-17(24-15)27-18(25)21-5/h6-8,10,12H,9,11,20H2,1-5H3,(H,21,25)/t19-/m0/s1. The van der Waals surface area contributed by atoms with E-state index >= 15 is 0 Å². The number of hydrogen-bond donors (Lipinski definition) is 2. The van der Waals surface area contributed by atoms with Gasteiger partial charge in [0.25, 0.3) is 0 Å². The lowest BCUT2D eigenvalue weighted by atomic mass is 9.93. The van der Waals surface area contributed by atoms with Crippen LogP contribution in [-0.4, -0.2) is 40.2 Å². The second kappa shape index (κ2) is 8.77. The summed E-state index contributed by atoms with van der Waals surface area (Å²) in [6.45, 7) is 8.54. The van der Waals surface area contributed by atoms with Gasteiger partial charge in [-0.25, -0.2) is 14.8 Å². The molecule has 27 heavy (non-hydrogen) atoms. The van der Waals surface area contributed by atoms with E-state index in [1.54, 1.807) is 12.3 Å². The number of nitrogens with zero attached hydrogens (tertiary/aromatic N) is 3. The van der Waals surface area contributed by atoms with Crippen LogP contribution in [0.15, 0.2) is 24.5 Å². The largest absolute Gasteiger partial charge is 0.476 e. The Hall–Kier alpha value is -2.74. The molecule has 2 rings (SSSR count). The van der Waals surface area contributed by atoms with Gasteiger partial charge in [0.2, 0.25) is 5.88 Å². The first kappa shape index (κ1) is 20.6. The zero-order chi connectivity index (χ0) is 20.0. The number of hydrogen-bond acceptors (Lipinski definition) is 7. The minimum atomic E-state index is -0.628. The van der Waals surface area contributed by atoms with Crippen LogP contribution in [0.3, 0.4) is 0 Å². The molecule has 0 unspecified atom stereocenters. The van der Waals surface area contributed by atoms with Crippen molar-refractivity contribution in [1.82, 2.24) is 20.3 Å². The van der Waals surface area contributed by atoms with E-state index in [2.05, 4.69) is 34.1 Å². The maximum Gasteiger partial charge on any atom is 0.414 e. The maximum atomic E-state index is 11.3. The van der Waals surface area contributed by atoms with E-state index in [0.29, 0.717) is 24.1 Å². The van der Waals surface area contributed by atoms with Crippen LogP contribution in [0.5, 0.6) is 11.9 Å². The summed E-state index contributed by atoms with van der Waals surface area (Å²) in [5.41, 5.74) is 8.09. The summed E-state index contributed by atoms with van der Waals surface area (Å²) in [4.78, 5) is 23.8. The smallest absolute Gasteiger partial charge is 0.414 e. The van der Waals surface area contributed by atoms with Gasteiger partial charge >= 0.3 is 12.1 Å². The molecule has 0 saturated carbocycles. The lowest BCUT2D eigenvalue weighted by molar-refractivity contribution is 0.199. The third-order valence-electron chi connectivity index (χ3n) is 3.76. The monoisotopic (exact) mass is 373 g/mol. The van der Waals surface area contributed by atoms with Crippen molar-refractivity contribution in [2.45, 2.75) is 39.7 Å². The van der Waals surface area contributed by atoms with Crippen LogP contribution < -0.4 is 20.5 Å². The molecule has 0 aliphatic heterocycles. The minimum Gasteiger partial charge on any atom is -0.476 e. The van der Waals surface area contributed by atoms with Crippen molar-refractivity contribution in [1.29, 1.82) is 0 Å². The molecule has 146 valence electrons. The van der Waals surface area contributed by atoms with Gasteiger partial charge in [0.05, 0.1) is 5.69 Å². The minimum absolute atomic E-state index is 0.0302. The molecule has 0 aliphatic carbocycles. The van der Waals surface area contributed by atoms with E-state index in [9.17, 15) is 4.79 Å². The first-order chi connectivity index (χ1) is 12.7. The Labute approximate surface area is 159 Å². The molecule has 8 nitrogen and oxygen atoms in total. The van der Waals surface area contributed by atoms with Gasteiger partial charge in [-0.05, 0) is 38.3 Å². The molecule has 2 heterocycles. The van der Waals surface area contributed by atoms with Gasteiger partial charge in [0, 0.05) is 36.1 Å². The van der Waals surface area contributed by atoms with Gasteiger partial charge in [-0.2, -0.15) is 4.98 Å². The Morgan fingerprint density at radius 3 is 2.74 bits per heavy atom. The van der Waals surface area contributed by atoms with Gasteiger partial charge in [-0.15, -0.1) is 0 Å². The van der Waals surface area contributed by atoms with Crippen molar-refractivity contribution < 1.29 is 14.3 Å². The molecule has 0 aromatic carbocycles. The van der Waals surface area contributed by atoms with Crippen molar-refractivity contribution in [3.05, 3.63) is 30.1 Å². The number of amides is 1. The summed E-state index contributed by atoms with van der Waals surface area (Å²) >= 11 is 0. The van der Waals surface area contributed by atoms with E-state index in [0.717, 1.165) is 17.5 Å². The molecule has 0 aliphatic rings. The zero-order valence-corrected chi connectivity index (χ0v) is 16.4. The molecular formula is C19H27N5O3. The summed E-state index contributed by atoms with van der Waals surface area (Å²) in [5, 5.41) is 2.35. The van der Waals surface area contributed by atoms with E-state index in [1.807, 2.05) is 19.9 Å². The molecule has 0 spiro atoms. The second-order valence-corrected chi connectivity index (χ2v) is 7.25. The number of nitrogens with two attached hydrogens (primary N) is 1. The number of aromatic nitrogens is 3. The molecule has 0 radical (unpaired) electrons.